The summed E-state index contributed by atoms with van der Waals surface area (Å²) < 4.78 is 0. The average Bonchev–Trinajstić information content (AvgIpc) is 2.15. The molecule has 1 aliphatic heterocycles. The van der Waals surface area contributed by atoms with Gasteiger partial charge in [0.05, 0.1) is 0 Å². The van der Waals surface area contributed by atoms with Crippen LogP contribution in [-0.2, 0) is 4.79 Å². The van der Waals surface area contributed by atoms with Gasteiger partial charge in [0.1, 0.15) is 0 Å². The second kappa shape index (κ2) is 4.82. The third-order valence-electron chi connectivity index (χ3n) is 2.02. The Morgan fingerprint density at radius 1 is 1.33 bits per heavy atom. The van der Waals surface area contributed by atoms with Gasteiger partial charge in [0.15, 0.2) is 0 Å². The second-order valence-electron chi connectivity index (χ2n) is 3.01. The van der Waals surface area contributed by atoms with Crippen LogP contribution in [0.25, 0.3) is 0 Å². The first-order valence-electron chi connectivity index (χ1n) is 4.62. The molecule has 0 bridgehead atoms. The van der Waals surface area contributed by atoms with Gasteiger partial charge in [0.2, 0.25) is 0 Å². The van der Waals surface area contributed by atoms with Gasteiger partial charge in [0.25, 0.3) is 5.91 Å². The van der Waals surface area contributed by atoms with Crippen molar-refractivity contribution in [2.75, 3.05) is 13.1 Å². The molecule has 1 amide bonds. The fourth-order valence-corrected chi connectivity index (χ4v) is 1.34. The van der Waals surface area contributed by atoms with E-state index in [-0.39, 0.29) is 5.91 Å². The van der Waals surface area contributed by atoms with E-state index in [4.69, 9.17) is 0 Å². The Kier molecular flexibility index (Phi) is 3.66. The smallest absolute Gasteiger partial charge is 0.298 e. The Balaban J connectivity index is 2.40. The van der Waals surface area contributed by atoms with E-state index in [9.17, 15) is 4.79 Å². The lowest BCUT2D eigenvalue weighted by atomic mass is 10.1. The van der Waals surface area contributed by atoms with E-state index in [0.717, 1.165) is 32.4 Å². The fourth-order valence-electron chi connectivity index (χ4n) is 1.34. The third kappa shape index (κ3) is 2.58. The van der Waals surface area contributed by atoms with Gasteiger partial charge in [-0.3, -0.25) is 4.79 Å². The molecular formula is C10H15NO. The third-order valence-corrected chi connectivity index (χ3v) is 2.02. The largest absolute Gasteiger partial charge is 0.332 e. The first kappa shape index (κ1) is 9.12. The van der Waals surface area contributed by atoms with Crippen LogP contribution in [0.5, 0.6) is 0 Å². The molecule has 2 nitrogen and oxygen atoms in total. The van der Waals surface area contributed by atoms with E-state index in [1.165, 1.54) is 6.42 Å². The molecule has 0 N–H and O–H groups in total. The van der Waals surface area contributed by atoms with Gasteiger partial charge in [-0.2, -0.15) is 0 Å². The Bertz CT molecular complexity index is 206. The van der Waals surface area contributed by atoms with E-state index in [0.29, 0.717) is 0 Å². The van der Waals surface area contributed by atoms with Crippen molar-refractivity contribution in [1.82, 2.24) is 4.90 Å². The highest BCUT2D eigenvalue weighted by Crippen LogP contribution is 2.07. The van der Waals surface area contributed by atoms with Gasteiger partial charge in [-0.1, -0.05) is 12.8 Å². The van der Waals surface area contributed by atoms with Crippen molar-refractivity contribution in [1.29, 1.82) is 0 Å². The molecular weight excluding hydrogens is 150 g/mol. The standard InChI is InChI=1S/C10H15NO/c1-2-3-7-10(12)11-8-5-4-6-9-11/h2,4-6,8-9H2,1H3. The molecule has 0 atom stereocenters. The molecule has 0 radical (unpaired) electrons. The maximum absolute atomic E-state index is 11.3. The SMILES string of the molecule is CCC#CC(=O)N1CCCCC1. The maximum Gasteiger partial charge on any atom is 0.298 e. The summed E-state index contributed by atoms with van der Waals surface area (Å²) in [6.45, 7) is 3.75. The zero-order valence-electron chi connectivity index (χ0n) is 7.60. The predicted molar refractivity (Wildman–Crippen MR) is 48.5 cm³/mol. The Morgan fingerprint density at radius 3 is 2.58 bits per heavy atom. The number of rotatable bonds is 0. The Labute approximate surface area is 73.9 Å². The average molecular weight is 165 g/mol. The maximum atomic E-state index is 11.3. The fraction of sp³-hybridized carbons (Fsp3) is 0.700. The first-order valence-corrected chi connectivity index (χ1v) is 4.62. The highest BCUT2D eigenvalue weighted by Gasteiger charge is 2.13. The molecule has 0 saturated carbocycles. The molecule has 0 aromatic rings. The van der Waals surface area contributed by atoms with E-state index in [1.54, 1.807) is 0 Å². The predicted octanol–water partition coefficient (Wildman–Crippen LogP) is 1.41. The molecule has 1 aliphatic rings. The molecule has 1 fully saturated rings. The summed E-state index contributed by atoms with van der Waals surface area (Å²) in [4.78, 5) is 13.2. The van der Waals surface area contributed by atoms with Crippen molar-refractivity contribution >= 4 is 5.91 Å². The van der Waals surface area contributed by atoms with E-state index < -0.39 is 0 Å². The number of hydrogen-bond donors (Lipinski definition) is 0. The van der Waals surface area contributed by atoms with Crippen molar-refractivity contribution in [2.24, 2.45) is 0 Å². The van der Waals surface area contributed by atoms with Gasteiger partial charge in [-0.05, 0) is 25.2 Å². The van der Waals surface area contributed by atoms with Crippen LogP contribution in [0, 0.1) is 11.8 Å². The second-order valence-corrected chi connectivity index (χ2v) is 3.01. The zero-order chi connectivity index (χ0) is 8.81. The van der Waals surface area contributed by atoms with Crippen molar-refractivity contribution < 1.29 is 4.79 Å². The van der Waals surface area contributed by atoms with Crippen molar-refractivity contribution in [2.45, 2.75) is 32.6 Å². The minimum atomic E-state index is 0.0107. The summed E-state index contributed by atoms with van der Waals surface area (Å²) in [5, 5.41) is 0. The monoisotopic (exact) mass is 165 g/mol. The Hall–Kier alpha value is -0.970. The number of hydrogen-bond acceptors (Lipinski definition) is 1. The molecule has 1 saturated heterocycles. The number of amides is 1. The molecule has 12 heavy (non-hydrogen) atoms. The minimum Gasteiger partial charge on any atom is -0.332 e. The first-order chi connectivity index (χ1) is 5.84. The number of nitrogens with zero attached hydrogens (tertiary/aromatic N) is 1. The molecule has 0 unspecified atom stereocenters. The molecule has 1 rings (SSSR count). The number of carbonyl (C=O) groups is 1. The molecule has 0 aliphatic carbocycles. The van der Waals surface area contributed by atoms with Crippen molar-refractivity contribution in [3.05, 3.63) is 0 Å². The lowest BCUT2D eigenvalue weighted by molar-refractivity contribution is -0.125. The van der Waals surface area contributed by atoms with E-state index >= 15 is 0 Å². The molecule has 2 heteroatoms. The summed E-state index contributed by atoms with van der Waals surface area (Å²) in [6, 6.07) is 0. The van der Waals surface area contributed by atoms with Crippen LogP contribution in [0.3, 0.4) is 0 Å². The van der Waals surface area contributed by atoms with E-state index in [1.807, 2.05) is 11.8 Å². The van der Waals surface area contributed by atoms with Gasteiger partial charge < -0.3 is 4.90 Å². The molecule has 66 valence electrons. The van der Waals surface area contributed by atoms with Gasteiger partial charge in [-0.15, -0.1) is 0 Å². The van der Waals surface area contributed by atoms with Crippen LogP contribution in [0.15, 0.2) is 0 Å². The van der Waals surface area contributed by atoms with Crippen LogP contribution in [0.2, 0.25) is 0 Å². The summed E-state index contributed by atoms with van der Waals surface area (Å²) in [6.07, 6.45) is 4.30. The van der Waals surface area contributed by atoms with Crippen LogP contribution in [0.1, 0.15) is 32.6 Å². The summed E-state index contributed by atoms with van der Waals surface area (Å²) in [7, 11) is 0. The number of piperidine rings is 1. The van der Waals surface area contributed by atoms with Crippen LogP contribution in [-0.4, -0.2) is 23.9 Å². The summed E-state index contributed by atoms with van der Waals surface area (Å²) in [5.74, 6) is 5.45. The van der Waals surface area contributed by atoms with Crippen molar-refractivity contribution in [3.8, 4) is 11.8 Å². The van der Waals surface area contributed by atoms with Gasteiger partial charge in [0, 0.05) is 19.5 Å². The quantitative estimate of drug-likeness (QED) is 0.497. The molecule has 0 spiro atoms. The van der Waals surface area contributed by atoms with Gasteiger partial charge >= 0.3 is 0 Å². The number of likely N-dealkylation sites (tertiary alicyclic amines) is 1. The zero-order valence-corrected chi connectivity index (χ0v) is 7.60. The van der Waals surface area contributed by atoms with Crippen LogP contribution >= 0.6 is 0 Å². The Morgan fingerprint density at radius 2 is 2.00 bits per heavy atom. The highest BCUT2D eigenvalue weighted by molar-refractivity contribution is 5.93. The topological polar surface area (TPSA) is 20.3 Å². The molecule has 0 aromatic carbocycles. The number of carbonyl (C=O) groups excluding carboxylic acids is 1. The minimum absolute atomic E-state index is 0.0107. The van der Waals surface area contributed by atoms with Crippen LogP contribution in [0.4, 0.5) is 0 Å². The van der Waals surface area contributed by atoms with E-state index in [2.05, 4.69) is 11.8 Å². The normalized spacial score (nSPS) is 16.6. The van der Waals surface area contributed by atoms with Crippen LogP contribution < -0.4 is 0 Å². The lowest BCUT2D eigenvalue weighted by Gasteiger charge is -2.24. The molecule has 0 aromatic heterocycles. The molecule has 1 heterocycles. The van der Waals surface area contributed by atoms with Crippen molar-refractivity contribution in [3.63, 3.8) is 0 Å². The van der Waals surface area contributed by atoms with Gasteiger partial charge in [-0.25, -0.2) is 0 Å². The summed E-state index contributed by atoms with van der Waals surface area (Å²) in [5.41, 5.74) is 0. The summed E-state index contributed by atoms with van der Waals surface area (Å²) >= 11 is 0. The highest BCUT2D eigenvalue weighted by atomic mass is 16.2. The lowest BCUT2D eigenvalue weighted by Crippen LogP contribution is -2.34.